The predicted molar refractivity (Wildman–Crippen MR) is 77.6 cm³/mol. The summed E-state index contributed by atoms with van der Waals surface area (Å²) in [5.41, 5.74) is 1.70. The molecule has 0 aliphatic carbocycles. The van der Waals surface area contributed by atoms with Crippen molar-refractivity contribution in [2.24, 2.45) is 0 Å². The summed E-state index contributed by atoms with van der Waals surface area (Å²) in [6.45, 7) is 0.388. The number of anilines is 1. The SMILES string of the molecule is OB1OCc2ccc(NCc3ccccc3C(F)(F)F)cc21. The van der Waals surface area contributed by atoms with Gasteiger partial charge in [0.1, 0.15) is 0 Å². The van der Waals surface area contributed by atoms with Gasteiger partial charge in [0.05, 0.1) is 12.2 Å². The van der Waals surface area contributed by atoms with Gasteiger partial charge in [-0.3, -0.25) is 0 Å². The molecule has 0 spiro atoms. The van der Waals surface area contributed by atoms with Crippen molar-refractivity contribution >= 4 is 18.3 Å². The van der Waals surface area contributed by atoms with Gasteiger partial charge >= 0.3 is 13.3 Å². The average molecular weight is 307 g/mol. The maximum Gasteiger partial charge on any atom is 0.491 e. The Morgan fingerprint density at radius 2 is 1.95 bits per heavy atom. The zero-order chi connectivity index (χ0) is 15.7. The number of hydrogen-bond acceptors (Lipinski definition) is 3. The Labute approximate surface area is 125 Å². The highest BCUT2D eigenvalue weighted by Crippen LogP contribution is 2.32. The molecule has 1 aliphatic rings. The molecule has 2 aromatic rings. The van der Waals surface area contributed by atoms with Gasteiger partial charge in [0.25, 0.3) is 0 Å². The van der Waals surface area contributed by atoms with E-state index in [0.29, 0.717) is 17.8 Å². The van der Waals surface area contributed by atoms with E-state index in [4.69, 9.17) is 4.65 Å². The van der Waals surface area contributed by atoms with Crippen molar-refractivity contribution in [3.05, 3.63) is 59.2 Å². The summed E-state index contributed by atoms with van der Waals surface area (Å²) < 4.78 is 43.9. The van der Waals surface area contributed by atoms with Crippen molar-refractivity contribution in [3.63, 3.8) is 0 Å². The number of alkyl halides is 3. The van der Waals surface area contributed by atoms with Crippen LogP contribution in [0.2, 0.25) is 0 Å². The Bertz CT molecular complexity index is 691. The average Bonchev–Trinajstić information content (AvgIpc) is 2.86. The summed E-state index contributed by atoms with van der Waals surface area (Å²) in [7, 11) is -0.973. The number of rotatable bonds is 3. The molecular formula is C15H13BF3NO2. The minimum Gasteiger partial charge on any atom is -0.423 e. The lowest BCUT2D eigenvalue weighted by molar-refractivity contribution is -0.138. The molecule has 7 heteroatoms. The molecule has 0 radical (unpaired) electrons. The quantitative estimate of drug-likeness (QED) is 0.856. The fraction of sp³-hybridized carbons (Fsp3) is 0.200. The second kappa shape index (κ2) is 5.66. The smallest absolute Gasteiger partial charge is 0.423 e. The van der Waals surface area contributed by atoms with Crippen molar-refractivity contribution < 1.29 is 22.8 Å². The van der Waals surface area contributed by atoms with Gasteiger partial charge in [-0.05, 0) is 34.8 Å². The molecule has 1 aliphatic heterocycles. The van der Waals surface area contributed by atoms with Crippen molar-refractivity contribution in [3.8, 4) is 0 Å². The Kier molecular flexibility index (Phi) is 3.84. The molecule has 3 rings (SSSR count). The van der Waals surface area contributed by atoms with Crippen LogP contribution in [0.1, 0.15) is 16.7 Å². The maximum atomic E-state index is 12.9. The highest BCUT2D eigenvalue weighted by Gasteiger charge is 2.32. The van der Waals surface area contributed by atoms with Crippen molar-refractivity contribution in [1.82, 2.24) is 0 Å². The molecule has 0 fully saturated rings. The zero-order valence-electron chi connectivity index (χ0n) is 11.5. The standard InChI is InChI=1S/C15H13BF3NO2/c17-15(18,19)13-4-2-1-3-10(13)8-20-12-6-5-11-9-22-16(21)14(11)7-12/h1-7,20-21H,8-9H2. The van der Waals surface area contributed by atoms with E-state index in [0.717, 1.165) is 11.6 Å². The fourth-order valence-electron chi connectivity index (χ4n) is 2.47. The first-order chi connectivity index (χ1) is 10.4. The molecule has 114 valence electrons. The summed E-state index contributed by atoms with van der Waals surface area (Å²) in [5, 5.41) is 12.6. The highest BCUT2D eigenvalue weighted by molar-refractivity contribution is 6.61. The molecular weight excluding hydrogens is 294 g/mol. The summed E-state index contributed by atoms with van der Waals surface area (Å²) in [5.74, 6) is 0. The number of fused-ring (bicyclic) bond motifs is 1. The Hall–Kier alpha value is -1.99. The number of halogens is 3. The van der Waals surface area contributed by atoms with Gasteiger partial charge < -0.3 is 15.0 Å². The first-order valence-corrected chi connectivity index (χ1v) is 6.76. The molecule has 0 aromatic heterocycles. The van der Waals surface area contributed by atoms with Gasteiger partial charge in [0.2, 0.25) is 0 Å². The van der Waals surface area contributed by atoms with Crippen molar-refractivity contribution in [1.29, 1.82) is 0 Å². The third-order valence-electron chi connectivity index (χ3n) is 3.61. The lowest BCUT2D eigenvalue weighted by Crippen LogP contribution is -2.28. The van der Waals surface area contributed by atoms with E-state index in [2.05, 4.69) is 5.32 Å². The van der Waals surface area contributed by atoms with E-state index in [1.165, 1.54) is 12.1 Å². The van der Waals surface area contributed by atoms with Crippen LogP contribution < -0.4 is 10.8 Å². The summed E-state index contributed by atoms with van der Waals surface area (Å²) in [6, 6.07) is 10.7. The first-order valence-electron chi connectivity index (χ1n) is 6.76. The topological polar surface area (TPSA) is 41.5 Å². The zero-order valence-corrected chi connectivity index (χ0v) is 11.5. The molecule has 0 atom stereocenters. The first kappa shape index (κ1) is 14.9. The minimum atomic E-state index is -4.37. The van der Waals surface area contributed by atoms with E-state index in [1.807, 2.05) is 0 Å². The van der Waals surface area contributed by atoms with Gasteiger partial charge in [-0.25, -0.2) is 0 Å². The summed E-state index contributed by atoms with van der Waals surface area (Å²) in [4.78, 5) is 0. The molecule has 22 heavy (non-hydrogen) atoms. The molecule has 0 saturated carbocycles. The Balaban J connectivity index is 1.78. The van der Waals surface area contributed by atoms with E-state index in [9.17, 15) is 18.2 Å². The minimum absolute atomic E-state index is 0.0470. The molecule has 0 amide bonds. The van der Waals surface area contributed by atoms with Gasteiger partial charge in [0.15, 0.2) is 0 Å². The van der Waals surface area contributed by atoms with Crippen LogP contribution in [-0.4, -0.2) is 12.1 Å². The van der Waals surface area contributed by atoms with Crippen LogP contribution >= 0.6 is 0 Å². The van der Waals surface area contributed by atoms with Gasteiger partial charge in [0, 0.05) is 12.2 Å². The molecule has 0 saturated heterocycles. The molecule has 3 nitrogen and oxygen atoms in total. The second-order valence-electron chi connectivity index (χ2n) is 5.09. The third-order valence-corrected chi connectivity index (χ3v) is 3.61. The van der Waals surface area contributed by atoms with Crippen LogP contribution in [0.4, 0.5) is 18.9 Å². The third kappa shape index (κ3) is 2.95. The van der Waals surface area contributed by atoms with Gasteiger partial charge in [-0.15, -0.1) is 0 Å². The molecule has 1 heterocycles. The predicted octanol–water partition coefficient (Wildman–Crippen LogP) is 2.54. The lowest BCUT2D eigenvalue weighted by atomic mass is 9.79. The van der Waals surface area contributed by atoms with Crippen LogP contribution in [0.5, 0.6) is 0 Å². The monoisotopic (exact) mass is 307 g/mol. The molecule has 0 bridgehead atoms. The van der Waals surface area contributed by atoms with Crippen LogP contribution in [0.15, 0.2) is 42.5 Å². The number of hydrogen-bond donors (Lipinski definition) is 2. The largest absolute Gasteiger partial charge is 0.491 e. The number of nitrogens with one attached hydrogen (secondary N) is 1. The van der Waals surface area contributed by atoms with E-state index < -0.39 is 18.9 Å². The van der Waals surface area contributed by atoms with Crippen LogP contribution in [0.25, 0.3) is 0 Å². The van der Waals surface area contributed by atoms with Gasteiger partial charge in [-0.2, -0.15) is 13.2 Å². The van der Waals surface area contributed by atoms with Gasteiger partial charge in [-0.1, -0.05) is 24.3 Å². The van der Waals surface area contributed by atoms with Crippen molar-refractivity contribution in [2.45, 2.75) is 19.3 Å². The second-order valence-corrected chi connectivity index (χ2v) is 5.09. The molecule has 2 N–H and O–H groups in total. The van der Waals surface area contributed by atoms with E-state index in [-0.39, 0.29) is 12.1 Å². The molecule has 0 unspecified atom stereocenters. The summed E-state index contributed by atoms with van der Waals surface area (Å²) in [6.07, 6.45) is -4.37. The summed E-state index contributed by atoms with van der Waals surface area (Å²) >= 11 is 0. The van der Waals surface area contributed by atoms with E-state index >= 15 is 0 Å². The number of benzene rings is 2. The highest BCUT2D eigenvalue weighted by atomic mass is 19.4. The van der Waals surface area contributed by atoms with Crippen LogP contribution in [0.3, 0.4) is 0 Å². The fourth-order valence-corrected chi connectivity index (χ4v) is 2.47. The van der Waals surface area contributed by atoms with E-state index in [1.54, 1.807) is 24.3 Å². The normalized spacial score (nSPS) is 14.1. The lowest BCUT2D eigenvalue weighted by Gasteiger charge is -2.14. The Morgan fingerprint density at radius 1 is 1.18 bits per heavy atom. The van der Waals surface area contributed by atoms with Crippen molar-refractivity contribution in [2.75, 3.05) is 5.32 Å². The van der Waals surface area contributed by atoms with Crippen LogP contribution in [0, 0.1) is 0 Å². The van der Waals surface area contributed by atoms with Crippen LogP contribution in [-0.2, 0) is 24.0 Å². The molecule has 2 aromatic carbocycles. The Morgan fingerprint density at radius 3 is 2.73 bits per heavy atom. The maximum absolute atomic E-state index is 12.9.